The Kier molecular flexibility index (Phi) is 6.58. The fourth-order valence-corrected chi connectivity index (χ4v) is 1.06. The fraction of sp³-hybridized carbons (Fsp3) is 0.769. The average molecular weight is 256 g/mol. The third kappa shape index (κ3) is 4.47. The molecule has 5 heteroatoms. The Hall–Kier alpha value is -1.39. The van der Waals surface area contributed by atoms with E-state index in [2.05, 4.69) is 30.9 Å². The zero-order chi connectivity index (χ0) is 14.3. The minimum atomic E-state index is -0.543. The van der Waals surface area contributed by atoms with E-state index in [1.165, 1.54) is 0 Å². The van der Waals surface area contributed by atoms with Gasteiger partial charge in [-0.1, -0.05) is 41.5 Å². The van der Waals surface area contributed by atoms with Gasteiger partial charge in [0.2, 0.25) is 5.89 Å². The van der Waals surface area contributed by atoms with Crippen LogP contribution in [0.4, 0.5) is 0 Å². The summed E-state index contributed by atoms with van der Waals surface area (Å²) in [5, 5.41) is 3.61. The van der Waals surface area contributed by atoms with Crippen LogP contribution in [0.3, 0.4) is 0 Å². The van der Waals surface area contributed by atoms with Gasteiger partial charge in [-0.25, -0.2) is 4.79 Å². The van der Waals surface area contributed by atoms with Crippen LogP contribution in [0.5, 0.6) is 0 Å². The highest BCUT2D eigenvalue weighted by molar-refractivity contribution is 5.84. The number of hydrogen-bond donors (Lipinski definition) is 0. The SMILES string of the molecule is CC.CCOC(=O)c1noc(C(C)C(C)(C)C)n1. The van der Waals surface area contributed by atoms with Crippen molar-refractivity contribution in [3.63, 3.8) is 0 Å². The molecule has 104 valence electrons. The Morgan fingerprint density at radius 2 is 1.94 bits per heavy atom. The van der Waals surface area contributed by atoms with Crippen LogP contribution in [0.15, 0.2) is 4.52 Å². The summed E-state index contributed by atoms with van der Waals surface area (Å²) < 4.78 is 9.84. The molecule has 0 bridgehead atoms. The molecule has 0 aliphatic heterocycles. The number of ether oxygens (including phenoxy) is 1. The van der Waals surface area contributed by atoms with Crippen molar-refractivity contribution in [3.8, 4) is 0 Å². The van der Waals surface area contributed by atoms with Crippen LogP contribution in [0.25, 0.3) is 0 Å². The van der Waals surface area contributed by atoms with E-state index >= 15 is 0 Å². The molecular weight excluding hydrogens is 232 g/mol. The minimum Gasteiger partial charge on any atom is -0.460 e. The fourth-order valence-electron chi connectivity index (χ4n) is 1.06. The standard InChI is InChI=1S/C11H18N2O3.C2H6/c1-6-15-10(14)8-12-9(16-13-8)7(2)11(3,4)5;1-2/h7H,6H2,1-5H3;1-2H3. The molecule has 1 rings (SSSR count). The van der Waals surface area contributed by atoms with E-state index in [9.17, 15) is 4.79 Å². The van der Waals surface area contributed by atoms with Gasteiger partial charge in [-0.3, -0.25) is 0 Å². The summed E-state index contributed by atoms with van der Waals surface area (Å²) >= 11 is 0. The van der Waals surface area contributed by atoms with Crippen molar-refractivity contribution in [3.05, 3.63) is 11.7 Å². The van der Waals surface area contributed by atoms with E-state index in [0.29, 0.717) is 12.5 Å². The van der Waals surface area contributed by atoms with Crippen LogP contribution in [-0.4, -0.2) is 22.7 Å². The molecule has 1 heterocycles. The minimum absolute atomic E-state index is 0.00653. The van der Waals surface area contributed by atoms with Crippen molar-refractivity contribution < 1.29 is 14.1 Å². The molecule has 0 spiro atoms. The molecule has 18 heavy (non-hydrogen) atoms. The molecule has 0 saturated carbocycles. The molecule has 0 fully saturated rings. The van der Waals surface area contributed by atoms with Crippen molar-refractivity contribution in [2.45, 2.75) is 54.4 Å². The van der Waals surface area contributed by atoms with E-state index in [0.717, 1.165) is 0 Å². The molecular formula is C13H24N2O3. The Morgan fingerprint density at radius 1 is 1.39 bits per heavy atom. The van der Waals surface area contributed by atoms with Gasteiger partial charge in [-0.05, 0) is 17.5 Å². The third-order valence-electron chi connectivity index (χ3n) is 2.57. The first kappa shape index (κ1) is 16.6. The highest BCUT2D eigenvalue weighted by Crippen LogP contribution is 2.33. The highest BCUT2D eigenvalue weighted by Gasteiger charge is 2.28. The Labute approximate surface area is 109 Å². The second-order valence-corrected chi connectivity index (χ2v) is 4.76. The monoisotopic (exact) mass is 256 g/mol. The first-order valence-corrected chi connectivity index (χ1v) is 6.37. The summed E-state index contributed by atoms with van der Waals surface area (Å²) in [7, 11) is 0. The van der Waals surface area contributed by atoms with Gasteiger partial charge in [-0.2, -0.15) is 4.98 Å². The predicted molar refractivity (Wildman–Crippen MR) is 69.5 cm³/mol. The Balaban J connectivity index is 0.00000137. The van der Waals surface area contributed by atoms with E-state index < -0.39 is 5.97 Å². The van der Waals surface area contributed by atoms with Crippen LogP contribution in [0.2, 0.25) is 0 Å². The number of carbonyl (C=O) groups excluding carboxylic acids is 1. The first-order chi connectivity index (χ1) is 8.36. The summed E-state index contributed by atoms with van der Waals surface area (Å²) in [4.78, 5) is 15.4. The number of nitrogens with zero attached hydrogens (tertiary/aromatic N) is 2. The largest absolute Gasteiger partial charge is 0.460 e. The summed E-state index contributed by atoms with van der Waals surface area (Å²) in [5.41, 5.74) is 0.0124. The normalized spacial score (nSPS) is 12.4. The summed E-state index contributed by atoms with van der Waals surface area (Å²) in [6.45, 7) is 14.3. The quantitative estimate of drug-likeness (QED) is 0.775. The summed E-state index contributed by atoms with van der Waals surface area (Å²) in [5.74, 6) is 0.00490. The number of aromatic nitrogens is 2. The second kappa shape index (κ2) is 7.13. The van der Waals surface area contributed by atoms with Crippen molar-refractivity contribution in [2.75, 3.05) is 6.61 Å². The molecule has 0 aliphatic carbocycles. The molecule has 0 radical (unpaired) electrons. The molecule has 0 aromatic carbocycles. The number of carbonyl (C=O) groups is 1. The molecule has 0 aliphatic rings. The van der Waals surface area contributed by atoms with Crippen LogP contribution >= 0.6 is 0 Å². The number of rotatable bonds is 3. The van der Waals surface area contributed by atoms with Gasteiger partial charge in [0.25, 0.3) is 5.82 Å². The maximum atomic E-state index is 11.3. The second-order valence-electron chi connectivity index (χ2n) is 4.76. The third-order valence-corrected chi connectivity index (χ3v) is 2.57. The van der Waals surface area contributed by atoms with Gasteiger partial charge < -0.3 is 9.26 Å². The lowest BCUT2D eigenvalue weighted by atomic mass is 9.82. The van der Waals surface area contributed by atoms with E-state index in [4.69, 9.17) is 9.26 Å². The van der Waals surface area contributed by atoms with Crippen molar-refractivity contribution >= 4 is 5.97 Å². The number of hydrogen-bond acceptors (Lipinski definition) is 5. The van der Waals surface area contributed by atoms with Gasteiger partial charge in [0.15, 0.2) is 0 Å². The average Bonchev–Trinajstić information content (AvgIpc) is 2.79. The molecule has 0 amide bonds. The molecule has 0 N–H and O–H groups in total. The lowest BCUT2D eigenvalue weighted by Gasteiger charge is -2.23. The summed E-state index contributed by atoms with van der Waals surface area (Å²) in [6.07, 6.45) is 0. The van der Waals surface area contributed by atoms with Crippen LogP contribution < -0.4 is 0 Å². The first-order valence-electron chi connectivity index (χ1n) is 6.37. The van der Waals surface area contributed by atoms with Crippen molar-refractivity contribution in [2.24, 2.45) is 5.41 Å². The van der Waals surface area contributed by atoms with Crippen LogP contribution in [-0.2, 0) is 4.74 Å². The van der Waals surface area contributed by atoms with Gasteiger partial charge in [0.05, 0.1) is 6.61 Å². The van der Waals surface area contributed by atoms with E-state index in [-0.39, 0.29) is 17.2 Å². The van der Waals surface area contributed by atoms with Crippen molar-refractivity contribution in [1.29, 1.82) is 0 Å². The molecule has 1 aromatic rings. The van der Waals surface area contributed by atoms with E-state index in [1.54, 1.807) is 6.92 Å². The molecule has 1 atom stereocenters. The zero-order valence-electron chi connectivity index (χ0n) is 12.4. The predicted octanol–water partition coefficient (Wildman–Crippen LogP) is 3.42. The smallest absolute Gasteiger partial charge is 0.379 e. The topological polar surface area (TPSA) is 65.2 Å². The molecule has 0 saturated heterocycles. The number of esters is 1. The molecule has 5 nitrogen and oxygen atoms in total. The Morgan fingerprint density at radius 3 is 2.39 bits per heavy atom. The Bertz CT molecular complexity index is 367. The van der Waals surface area contributed by atoms with Gasteiger partial charge in [-0.15, -0.1) is 0 Å². The summed E-state index contributed by atoms with van der Waals surface area (Å²) in [6, 6.07) is 0. The maximum Gasteiger partial charge on any atom is 0.379 e. The van der Waals surface area contributed by atoms with E-state index in [1.807, 2.05) is 20.8 Å². The maximum absolute atomic E-state index is 11.3. The van der Waals surface area contributed by atoms with Gasteiger partial charge in [0, 0.05) is 5.92 Å². The molecule has 1 aromatic heterocycles. The van der Waals surface area contributed by atoms with Crippen LogP contribution in [0, 0.1) is 5.41 Å². The van der Waals surface area contributed by atoms with Crippen LogP contribution in [0.1, 0.15) is 70.9 Å². The van der Waals surface area contributed by atoms with Gasteiger partial charge in [0.1, 0.15) is 0 Å². The molecule has 1 unspecified atom stereocenters. The lowest BCUT2D eigenvalue weighted by Crippen LogP contribution is -2.16. The van der Waals surface area contributed by atoms with Crippen molar-refractivity contribution in [1.82, 2.24) is 10.1 Å². The lowest BCUT2D eigenvalue weighted by molar-refractivity contribution is 0.0508. The highest BCUT2D eigenvalue weighted by atomic mass is 16.5. The van der Waals surface area contributed by atoms with Gasteiger partial charge >= 0.3 is 5.97 Å². The zero-order valence-corrected chi connectivity index (χ0v) is 12.4.